The van der Waals surface area contributed by atoms with Crippen LogP contribution in [0.25, 0.3) is 0 Å². The number of methoxy groups -OCH3 is 1. The van der Waals surface area contributed by atoms with Crippen LogP contribution in [0.4, 0.5) is 5.69 Å². The highest BCUT2D eigenvalue weighted by molar-refractivity contribution is 5.69. The van der Waals surface area contributed by atoms with E-state index in [1.807, 2.05) is 0 Å². The SMILES string of the molecule is COC(=O)CC(O)C(O)c1cccc(N=C=O)c1. The first kappa shape index (κ1) is 14.1. The highest BCUT2D eigenvalue weighted by Gasteiger charge is 2.21. The maximum absolute atomic E-state index is 11.0. The number of nitrogens with zero attached hydrogens (tertiary/aromatic N) is 1. The Kier molecular flexibility index (Phi) is 5.20. The van der Waals surface area contributed by atoms with Gasteiger partial charge in [-0.25, -0.2) is 4.79 Å². The predicted molar refractivity (Wildman–Crippen MR) is 61.8 cm³/mol. The molecule has 1 aromatic rings. The molecule has 1 rings (SSSR count). The molecule has 0 fully saturated rings. The maximum Gasteiger partial charge on any atom is 0.308 e. The third kappa shape index (κ3) is 3.78. The first-order valence-electron chi connectivity index (χ1n) is 5.19. The molecule has 0 spiro atoms. The first-order chi connectivity index (χ1) is 8.58. The van der Waals surface area contributed by atoms with Crippen LogP contribution in [-0.2, 0) is 14.3 Å². The van der Waals surface area contributed by atoms with E-state index in [1.165, 1.54) is 19.3 Å². The van der Waals surface area contributed by atoms with E-state index in [0.717, 1.165) is 0 Å². The molecule has 2 atom stereocenters. The van der Waals surface area contributed by atoms with Crippen molar-refractivity contribution in [1.29, 1.82) is 0 Å². The van der Waals surface area contributed by atoms with Crippen molar-refractivity contribution < 1.29 is 24.5 Å². The molecule has 2 N–H and O–H groups in total. The summed E-state index contributed by atoms with van der Waals surface area (Å²) in [6, 6.07) is 6.10. The van der Waals surface area contributed by atoms with Gasteiger partial charge in [-0.3, -0.25) is 4.79 Å². The molecule has 0 heterocycles. The number of isocyanates is 1. The van der Waals surface area contributed by atoms with E-state index in [-0.39, 0.29) is 6.42 Å². The lowest BCUT2D eigenvalue weighted by atomic mass is 10.0. The zero-order valence-electron chi connectivity index (χ0n) is 9.74. The van der Waals surface area contributed by atoms with E-state index < -0.39 is 18.2 Å². The third-order valence-corrected chi connectivity index (χ3v) is 2.35. The van der Waals surface area contributed by atoms with Gasteiger partial charge in [-0.2, -0.15) is 4.99 Å². The van der Waals surface area contributed by atoms with Crippen LogP contribution in [0, 0.1) is 0 Å². The van der Waals surface area contributed by atoms with Gasteiger partial charge in [0.25, 0.3) is 0 Å². The van der Waals surface area contributed by atoms with Crippen molar-refractivity contribution >= 4 is 17.7 Å². The molecule has 1 aromatic carbocycles. The van der Waals surface area contributed by atoms with Crippen LogP contribution < -0.4 is 0 Å². The largest absolute Gasteiger partial charge is 0.469 e. The van der Waals surface area contributed by atoms with E-state index in [0.29, 0.717) is 11.3 Å². The van der Waals surface area contributed by atoms with Crippen molar-refractivity contribution in [3.63, 3.8) is 0 Å². The molecule has 0 saturated heterocycles. The minimum absolute atomic E-state index is 0.312. The van der Waals surface area contributed by atoms with Gasteiger partial charge >= 0.3 is 5.97 Å². The second kappa shape index (κ2) is 6.66. The lowest BCUT2D eigenvalue weighted by molar-refractivity contribution is -0.144. The number of hydrogen-bond donors (Lipinski definition) is 2. The zero-order valence-corrected chi connectivity index (χ0v) is 9.74. The Hall–Kier alpha value is -2.01. The Morgan fingerprint density at radius 3 is 2.83 bits per heavy atom. The van der Waals surface area contributed by atoms with Gasteiger partial charge < -0.3 is 14.9 Å². The lowest BCUT2D eigenvalue weighted by Gasteiger charge is -2.17. The van der Waals surface area contributed by atoms with Crippen LogP contribution in [0.1, 0.15) is 18.1 Å². The second-order valence-corrected chi connectivity index (χ2v) is 3.59. The molecule has 0 bridgehead atoms. The van der Waals surface area contributed by atoms with Crippen LogP contribution in [0.5, 0.6) is 0 Å². The summed E-state index contributed by atoms with van der Waals surface area (Å²) in [5, 5.41) is 19.5. The summed E-state index contributed by atoms with van der Waals surface area (Å²) in [5.41, 5.74) is 0.662. The van der Waals surface area contributed by atoms with Crippen LogP contribution in [0.15, 0.2) is 29.3 Å². The van der Waals surface area contributed by atoms with Crippen LogP contribution in [-0.4, -0.2) is 35.5 Å². The maximum atomic E-state index is 11.0. The van der Waals surface area contributed by atoms with E-state index >= 15 is 0 Å². The number of aliphatic hydroxyl groups excluding tert-OH is 2. The van der Waals surface area contributed by atoms with Gasteiger partial charge in [0.05, 0.1) is 25.3 Å². The molecule has 0 aliphatic heterocycles. The fraction of sp³-hybridized carbons (Fsp3) is 0.333. The molecular weight excluding hydrogens is 238 g/mol. The van der Waals surface area contributed by atoms with E-state index in [2.05, 4.69) is 9.73 Å². The van der Waals surface area contributed by atoms with Gasteiger partial charge in [0.2, 0.25) is 6.08 Å². The molecule has 0 amide bonds. The molecule has 0 saturated carbocycles. The van der Waals surface area contributed by atoms with Crippen molar-refractivity contribution in [3.05, 3.63) is 29.8 Å². The Morgan fingerprint density at radius 2 is 2.22 bits per heavy atom. The average molecular weight is 251 g/mol. The third-order valence-electron chi connectivity index (χ3n) is 2.35. The van der Waals surface area contributed by atoms with Crippen LogP contribution in [0.2, 0.25) is 0 Å². The van der Waals surface area contributed by atoms with Gasteiger partial charge in [0.15, 0.2) is 0 Å². The number of esters is 1. The number of rotatable bonds is 5. The van der Waals surface area contributed by atoms with Gasteiger partial charge in [-0.1, -0.05) is 12.1 Å². The number of benzene rings is 1. The van der Waals surface area contributed by atoms with Crippen molar-refractivity contribution in [1.82, 2.24) is 0 Å². The predicted octanol–water partition coefficient (Wildman–Crippen LogP) is 0.611. The van der Waals surface area contributed by atoms with Gasteiger partial charge in [0.1, 0.15) is 6.10 Å². The summed E-state index contributed by atoms with van der Waals surface area (Å²) in [4.78, 5) is 24.5. The van der Waals surface area contributed by atoms with Crippen molar-refractivity contribution in [3.8, 4) is 0 Å². The zero-order chi connectivity index (χ0) is 13.5. The molecule has 0 aliphatic carbocycles. The Bertz CT molecular complexity index is 467. The summed E-state index contributed by atoms with van der Waals surface area (Å²) in [7, 11) is 1.20. The number of ether oxygens (including phenoxy) is 1. The Labute approximate surface area is 104 Å². The smallest absolute Gasteiger partial charge is 0.308 e. The van der Waals surface area contributed by atoms with Crippen molar-refractivity contribution in [2.75, 3.05) is 7.11 Å². The quantitative estimate of drug-likeness (QED) is 0.454. The number of aliphatic imine (C=N–C) groups is 1. The number of carbonyl (C=O) groups is 1. The van der Waals surface area contributed by atoms with Gasteiger partial charge in [0, 0.05) is 0 Å². The lowest BCUT2D eigenvalue weighted by Crippen LogP contribution is -2.22. The Morgan fingerprint density at radius 1 is 1.50 bits per heavy atom. The average Bonchev–Trinajstić information content (AvgIpc) is 2.38. The monoisotopic (exact) mass is 251 g/mol. The highest BCUT2D eigenvalue weighted by atomic mass is 16.5. The summed E-state index contributed by atoms with van der Waals surface area (Å²) in [6.07, 6.45) is -1.49. The molecule has 0 aromatic heterocycles. The summed E-state index contributed by atoms with van der Waals surface area (Å²) in [6.45, 7) is 0. The van der Waals surface area contributed by atoms with Crippen LogP contribution in [0.3, 0.4) is 0 Å². The van der Waals surface area contributed by atoms with E-state index in [1.54, 1.807) is 18.2 Å². The first-order valence-corrected chi connectivity index (χ1v) is 5.19. The molecule has 2 unspecified atom stereocenters. The normalized spacial score (nSPS) is 13.3. The molecule has 96 valence electrons. The fourth-order valence-corrected chi connectivity index (χ4v) is 1.42. The molecule has 6 heteroatoms. The van der Waals surface area contributed by atoms with Gasteiger partial charge in [-0.15, -0.1) is 0 Å². The summed E-state index contributed by atoms with van der Waals surface area (Å²) < 4.78 is 4.39. The number of hydrogen-bond acceptors (Lipinski definition) is 6. The van der Waals surface area contributed by atoms with Crippen molar-refractivity contribution in [2.45, 2.75) is 18.6 Å². The summed E-state index contributed by atoms with van der Waals surface area (Å²) in [5.74, 6) is -0.622. The minimum atomic E-state index is -1.28. The number of aliphatic hydroxyl groups is 2. The van der Waals surface area contributed by atoms with E-state index in [4.69, 9.17) is 0 Å². The highest BCUT2D eigenvalue weighted by Crippen LogP contribution is 2.23. The fourth-order valence-electron chi connectivity index (χ4n) is 1.42. The topological polar surface area (TPSA) is 96.2 Å². The molecule has 0 aliphatic rings. The molecule has 0 radical (unpaired) electrons. The van der Waals surface area contributed by atoms with Gasteiger partial charge in [-0.05, 0) is 17.7 Å². The minimum Gasteiger partial charge on any atom is -0.469 e. The standard InChI is InChI=1S/C12H13NO5/c1-18-11(16)6-10(15)12(17)8-3-2-4-9(5-8)13-7-14/h2-5,10,12,15,17H,6H2,1H3. The second-order valence-electron chi connectivity index (χ2n) is 3.59. The number of carbonyl (C=O) groups excluding carboxylic acids is 2. The van der Waals surface area contributed by atoms with Crippen molar-refractivity contribution in [2.24, 2.45) is 4.99 Å². The Balaban J connectivity index is 2.82. The molecule has 6 nitrogen and oxygen atoms in total. The van der Waals surface area contributed by atoms with Crippen LogP contribution >= 0.6 is 0 Å². The molecular formula is C12H13NO5. The van der Waals surface area contributed by atoms with E-state index in [9.17, 15) is 19.8 Å². The molecule has 18 heavy (non-hydrogen) atoms. The summed E-state index contributed by atoms with van der Waals surface area (Å²) >= 11 is 0.